The molecule has 0 saturated carbocycles. The highest BCUT2D eigenvalue weighted by Gasteiger charge is 2.42. The molecule has 3 heterocycles. The lowest BCUT2D eigenvalue weighted by Gasteiger charge is -2.25. The maximum Gasteiger partial charge on any atom is 0.392 e. The molecule has 0 fully saturated rings. The van der Waals surface area contributed by atoms with Crippen LogP contribution in [0.15, 0.2) is 43.0 Å². The van der Waals surface area contributed by atoms with Crippen molar-refractivity contribution >= 4 is 5.91 Å². The highest BCUT2D eigenvalue weighted by Crippen LogP contribution is 2.34. The van der Waals surface area contributed by atoms with E-state index in [1.54, 1.807) is 29.2 Å². The zero-order valence-electron chi connectivity index (χ0n) is 15.4. The predicted molar refractivity (Wildman–Crippen MR) is 96.8 cm³/mol. The molecule has 1 aliphatic rings. The van der Waals surface area contributed by atoms with Crippen molar-refractivity contribution in [2.75, 3.05) is 0 Å². The van der Waals surface area contributed by atoms with Gasteiger partial charge in [-0.05, 0) is 24.1 Å². The van der Waals surface area contributed by atoms with Gasteiger partial charge in [-0.3, -0.25) is 4.79 Å². The largest absolute Gasteiger partial charge is 0.392 e. The summed E-state index contributed by atoms with van der Waals surface area (Å²) in [5.74, 6) is -0.889. The Bertz CT molecular complexity index is 979. The molecule has 10 heteroatoms. The van der Waals surface area contributed by atoms with Crippen molar-refractivity contribution < 1.29 is 18.0 Å². The number of nitrogens with zero attached hydrogens (tertiary/aromatic N) is 5. The van der Waals surface area contributed by atoms with E-state index in [0.717, 1.165) is 5.56 Å². The fraction of sp³-hybridized carbons (Fsp3) is 0.368. The maximum absolute atomic E-state index is 12.9. The van der Waals surface area contributed by atoms with Crippen LogP contribution in [0.3, 0.4) is 0 Å². The van der Waals surface area contributed by atoms with Gasteiger partial charge in [-0.15, -0.1) is 10.2 Å². The van der Waals surface area contributed by atoms with E-state index in [9.17, 15) is 18.0 Å². The van der Waals surface area contributed by atoms with Gasteiger partial charge in [0.05, 0.1) is 18.8 Å². The Morgan fingerprint density at radius 1 is 1.21 bits per heavy atom. The number of hydrogen-bond acceptors (Lipinski definition) is 4. The van der Waals surface area contributed by atoms with E-state index in [1.165, 1.54) is 0 Å². The molecule has 1 aliphatic heterocycles. The number of fused-ring (bicyclic) bond motifs is 1. The van der Waals surface area contributed by atoms with E-state index in [0.29, 0.717) is 23.8 Å². The molecule has 152 valence electrons. The minimum Gasteiger partial charge on any atom is -0.345 e. The Hall–Kier alpha value is -3.17. The third-order valence-corrected chi connectivity index (χ3v) is 5.04. The van der Waals surface area contributed by atoms with Gasteiger partial charge in [0.25, 0.3) is 5.91 Å². The van der Waals surface area contributed by atoms with Crippen LogP contribution in [0.25, 0.3) is 0 Å². The summed E-state index contributed by atoms with van der Waals surface area (Å²) in [6.07, 6.45) is 0.869. The summed E-state index contributed by atoms with van der Waals surface area (Å²) in [6, 6.07) is 7.19. The number of imidazole rings is 1. The molecule has 0 bridgehead atoms. The molecule has 0 aliphatic carbocycles. The van der Waals surface area contributed by atoms with E-state index in [-0.39, 0.29) is 31.8 Å². The summed E-state index contributed by atoms with van der Waals surface area (Å²) in [5, 5.41) is 10.6. The molecule has 0 saturated heterocycles. The van der Waals surface area contributed by atoms with Crippen molar-refractivity contribution in [3.05, 3.63) is 65.8 Å². The Kier molecular flexibility index (Phi) is 5.08. The molecule has 0 radical (unpaired) electrons. The number of amides is 1. The molecule has 0 unspecified atom stereocenters. The van der Waals surface area contributed by atoms with Crippen molar-refractivity contribution in [3.63, 3.8) is 0 Å². The molecule has 4 rings (SSSR count). The van der Waals surface area contributed by atoms with Gasteiger partial charge in [-0.1, -0.05) is 12.1 Å². The summed E-state index contributed by atoms with van der Waals surface area (Å²) < 4.78 is 42.3. The quantitative estimate of drug-likeness (QED) is 0.709. The van der Waals surface area contributed by atoms with Crippen LogP contribution in [0, 0.1) is 5.92 Å². The minimum atomic E-state index is -4.23. The lowest BCUT2D eigenvalue weighted by Crippen LogP contribution is -2.32. The molecule has 1 atom stereocenters. The van der Waals surface area contributed by atoms with Gasteiger partial charge in [-0.25, -0.2) is 4.98 Å². The smallest absolute Gasteiger partial charge is 0.345 e. The summed E-state index contributed by atoms with van der Waals surface area (Å²) in [4.78, 5) is 16.4. The van der Waals surface area contributed by atoms with Gasteiger partial charge in [0.1, 0.15) is 5.82 Å². The fourth-order valence-corrected chi connectivity index (χ4v) is 3.41. The third-order valence-electron chi connectivity index (χ3n) is 5.04. The Balaban J connectivity index is 1.35. The van der Waals surface area contributed by atoms with Gasteiger partial charge in [0, 0.05) is 37.5 Å². The van der Waals surface area contributed by atoms with Crippen molar-refractivity contribution in [1.29, 1.82) is 0 Å². The summed E-state index contributed by atoms with van der Waals surface area (Å²) >= 11 is 0. The van der Waals surface area contributed by atoms with Crippen LogP contribution in [0.2, 0.25) is 0 Å². The first-order valence-corrected chi connectivity index (χ1v) is 9.20. The molecule has 0 spiro atoms. The van der Waals surface area contributed by atoms with E-state index >= 15 is 0 Å². The Morgan fingerprint density at radius 3 is 2.69 bits per heavy atom. The Morgan fingerprint density at radius 2 is 2.00 bits per heavy atom. The second kappa shape index (κ2) is 7.69. The van der Waals surface area contributed by atoms with Gasteiger partial charge in [-0.2, -0.15) is 13.2 Å². The second-order valence-corrected chi connectivity index (χ2v) is 7.03. The summed E-state index contributed by atoms with van der Waals surface area (Å²) in [7, 11) is 0. The summed E-state index contributed by atoms with van der Waals surface area (Å²) in [6.45, 7) is 0.965. The van der Waals surface area contributed by atoms with Crippen LogP contribution < -0.4 is 5.32 Å². The number of hydrogen-bond donors (Lipinski definition) is 1. The molecule has 7 nitrogen and oxygen atoms in total. The number of benzene rings is 1. The van der Waals surface area contributed by atoms with Crippen LogP contribution in [0.1, 0.15) is 34.0 Å². The van der Waals surface area contributed by atoms with E-state index in [1.807, 2.05) is 22.9 Å². The first-order valence-electron chi connectivity index (χ1n) is 9.20. The maximum atomic E-state index is 12.9. The van der Waals surface area contributed by atoms with Gasteiger partial charge < -0.3 is 14.5 Å². The number of rotatable bonds is 5. The van der Waals surface area contributed by atoms with Crippen molar-refractivity contribution in [2.45, 2.75) is 38.7 Å². The molecular weight excluding hydrogens is 385 g/mol. The first-order chi connectivity index (χ1) is 13.9. The predicted octanol–water partition coefficient (Wildman–Crippen LogP) is 2.58. The van der Waals surface area contributed by atoms with Crippen LogP contribution in [-0.2, 0) is 26.1 Å². The molecule has 1 N–H and O–H groups in total. The third kappa shape index (κ3) is 4.30. The van der Waals surface area contributed by atoms with Gasteiger partial charge in [0.2, 0.25) is 0 Å². The molecule has 1 amide bonds. The van der Waals surface area contributed by atoms with Crippen LogP contribution >= 0.6 is 0 Å². The van der Waals surface area contributed by atoms with Crippen LogP contribution in [0.4, 0.5) is 13.2 Å². The van der Waals surface area contributed by atoms with Crippen LogP contribution in [0.5, 0.6) is 0 Å². The van der Waals surface area contributed by atoms with Gasteiger partial charge >= 0.3 is 6.18 Å². The monoisotopic (exact) mass is 404 g/mol. The average molecular weight is 404 g/mol. The lowest BCUT2D eigenvalue weighted by atomic mass is 9.97. The number of carbonyl (C=O) groups excluding carboxylic acids is 1. The summed E-state index contributed by atoms with van der Waals surface area (Å²) in [5.41, 5.74) is 1.53. The Labute approximate surface area is 164 Å². The molecular formula is C19H19F3N6O. The SMILES string of the molecule is O=C(NCc1nnc2n1CC[C@@H](C(F)(F)F)C2)c1ccc(Cn2ccnc2)cc1. The van der Waals surface area contributed by atoms with Crippen LogP contribution in [-0.4, -0.2) is 36.4 Å². The van der Waals surface area contributed by atoms with E-state index < -0.39 is 12.1 Å². The number of alkyl halides is 3. The van der Waals surface area contributed by atoms with Crippen molar-refractivity contribution in [3.8, 4) is 0 Å². The highest BCUT2D eigenvalue weighted by molar-refractivity contribution is 5.94. The highest BCUT2D eigenvalue weighted by atomic mass is 19.4. The fourth-order valence-electron chi connectivity index (χ4n) is 3.41. The topological polar surface area (TPSA) is 77.6 Å². The average Bonchev–Trinajstić information content (AvgIpc) is 3.35. The molecule has 1 aromatic carbocycles. The van der Waals surface area contributed by atoms with E-state index in [4.69, 9.17) is 0 Å². The zero-order chi connectivity index (χ0) is 20.4. The van der Waals surface area contributed by atoms with E-state index in [2.05, 4.69) is 20.5 Å². The second-order valence-electron chi connectivity index (χ2n) is 7.03. The molecule has 2 aromatic heterocycles. The van der Waals surface area contributed by atoms with Gasteiger partial charge in [0.15, 0.2) is 5.82 Å². The first kappa shape index (κ1) is 19.2. The van der Waals surface area contributed by atoms with Crippen molar-refractivity contribution in [1.82, 2.24) is 29.6 Å². The number of aromatic nitrogens is 5. The number of halogens is 3. The normalized spacial score (nSPS) is 16.4. The van der Waals surface area contributed by atoms with Crippen molar-refractivity contribution in [2.24, 2.45) is 5.92 Å². The molecule has 3 aromatic rings. The zero-order valence-corrected chi connectivity index (χ0v) is 15.4. The minimum absolute atomic E-state index is 0.00609. The molecule has 29 heavy (non-hydrogen) atoms. The number of carbonyl (C=O) groups is 1. The number of nitrogens with one attached hydrogen (secondary N) is 1. The standard InChI is InChI=1S/C19H19F3N6O/c20-19(21,22)15-5-7-28-16(9-15)25-26-17(28)10-24-18(29)14-3-1-13(2-4-14)11-27-8-6-23-12-27/h1-4,6,8,12,15H,5,7,9-11H2,(H,24,29)/t15-/m1/s1. The lowest BCUT2D eigenvalue weighted by molar-refractivity contribution is -0.179.